The topological polar surface area (TPSA) is 75.4 Å². The van der Waals surface area contributed by atoms with Gasteiger partial charge in [-0.3, -0.25) is 4.79 Å². The number of rotatable bonds is 3. The SMILES string of the molecule is O=C(c1nnc(-c2ccccc2)o1)N1CCN(c2ccc(C(F)(F)F)cn2)CC1. The molecule has 1 saturated heterocycles. The third-order valence-corrected chi connectivity index (χ3v) is 4.59. The van der Waals surface area contributed by atoms with Gasteiger partial charge < -0.3 is 14.2 Å². The first kappa shape index (κ1) is 18.9. The summed E-state index contributed by atoms with van der Waals surface area (Å²) in [6, 6.07) is 11.5. The van der Waals surface area contributed by atoms with E-state index < -0.39 is 11.7 Å². The summed E-state index contributed by atoms with van der Waals surface area (Å²) in [6.07, 6.45) is -3.60. The standard InChI is InChI=1S/C19H16F3N5O2/c20-19(21,22)14-6-7-15(23-12-14)26-8-10-27(11-9-26)18(28)17-25-24-16(29-17)13-4-2-1-3-5-13/h1-7,12H,8-11H2. The number of alkyl halides is 3. The van der Waals surface area contributed by atoms with Crippen molar-refractivity contribution < 1.29 is 22.4 Å². The molecule has 10 heteroatoms. The van der Waals surface area contributed by atoms with E-state index in [1.54, 1.807) is 17.0 Å². The zero-order valence-electron chi connectivity index (χ0n) is 15.1. The largest absolute Gasteiger partial charge is 0.417 e. The number of benzene rings is 1. The number of anilines is 1. The van der Waals surface area contributed by atoms with Crippen molar-refractivity contribution in [2.24, 2.45) is 0 Å². The average molecular weight is 403 g/mol. The van der Waals surface area contributed by atoms with Crippen LogP contribution in [0.3, 0.4) is 0 Å². The van der Waals surface area contributed by atoms with Crippen LogP contribution in [0.1, 0.15) is 16.2 Å². The number of piperazine rings is 1. The molecule has 1 aromatic carbocycles. The Labute approximate surface area is 163 Å². The van der Waals surface area contributed by atoms with Crippen LogP contribution in [0, 0.1) is 0 Å². The number of nitrogens with zero attached hydrogens (tertiary/aromatic N) is 5. The molecule has 1 amide bonds. The molecule has 0 spiro atoms. The van der Waals surface area contributed by atoms with E-state index in [1.165, 1.54) is 6.07 Å². The monoisotopic (exact) mass is 403 g/mol. The summed E-state index contributed by atoms with van der Waals surface area (Å²) in [7, 11) is 0. The van der Waals surface area contributed by atoms with Gasteiger partial charge in [0.25, 0.3) is 0 Å². The van der Waals surface area contributed by atoms with Crippen LogP contribution >= 0.6 is 0 Å². The fraction of sp³-hybridized carbons (Fsp3) is 0.263. The van der Waals surface area contributed by atoms with Gasteiger partial charge in [-0.25, -0.2) is 4.98 Å². The molecule has 1 fully saturated rings. The first-order valence-corrected chi connectivity index (χ1v) is 8.88. The molecule has 3 heterocycles. The van der Waals surface area contributed by atoms with Crippen molar-refractivity contribution >= 4 is 11.7 Å². The van der Waals surface area contributed by atoms with Crippen LogP contribution in [0.5, 0.6) is 0 Å². The number of carbonyl (C=O) groups excluding carboxylic acids is 1. The van der Waals surface area contributed by atoms with Crippen molar-refractivity contribution in [2.45, 2.75) is 6.18 Å². The number of amides is 1. The quantitative estimate of drug-likeness (QED) is 0.669. The Balaban J connectivity index is 1.38. The molecule has 3 aromatic rings. The number of hydrogen-bond acceptors (Lipinski definition) is 6. The Morgan fingerprint density at radius 3 is 2.31 bits per heavy atom. The zero-order valence-corrected chi connectivity index (χ0v) is 15.1. The maximum absolute atomic E-state index is 12.7. The van der Waals surface area contributed by atoms with Gasteiger partial charge in [0.15, 0.2) is 0 Å². The lowest BCUT2D eigenvalue weighted by molar-refractivity contribution is -0.137. The van der Waals surface area contributed by atoms with E-state index in [1.807, 2.05) is 23.1 Å². The van der Waals surface area contributed by atoms with Crippen molar-refractivity contribution in [1.29, 1.82) is 0 Å². The minimum Gasteiger partial charge on any atom is -0.412 e. The van der Waals surface area contributed by atoms with Crippen molar-refractivity contribution in [3.05, 3.63) is 60.1 Å². The van der Waals surface area contributed by atoms with Crippen molar-refractivity contribution in [1.82, 2.24) is 20.1 Å². The number of hydrogen-bond donors (Lipinski definition) is 0. The van der Waals surface area contributed by atoms with Crippen LogP contribution in [0.4, 0.5) is 19.0 Å². The molecule has 0 atom stereocenters. The van der Waals surface area contributed by atoms with E-state index in [4.69, 9.17) is 4.42 Å². The number of halogens is 3. The van der Waals surface area contributed by atoms with Gasteiger partial charge in [0.2, 0.25) is 5.89 Å². The average Bonchev–Trinajstić information content (AvgIpc) is 3.24. The molecule has 29 heavy (non-hydrogen) atoms. The minimum absolute atomic E-state index is 0.0926. The smallest absolute Gasteiger partial charge is 0.412 e. The van der Waals surface area contributed by atoms with Crippen molar-refractivity contribution in [2.75, 3.05) is 31.1 Å². The van der Waals surface area contributed by atoms with Crippen LogP contribution in [-0.4, -0.2) is 52.2 Å². The van der Waals surface area contributed by atoms with E-state index in [2.05, 4.69) is 15.2 Å². The van der Waals surface area contributed by atoms with Gasteiger partial charge in [0, 0.05) is 37.9 Å². The zero-order chi connectivity index (χ0) is 20.4. The first-order chi connectivity index (χ1) is 13.9. The Bertz CT molecular complexity index is 981. The molecular weight excluding hydrogens is 387 g/mol. The van der Waals surface area contributed by atoms with Gasteiger partial charge in [-0.2, -0.15) is 13.2 Å². The summed E-state index contributed by atoms with van der Waals surface area (Å²) in [6.45, 7) is 1.60. The second-order valence-corrected chi connectivity index (χ2v) is 6.46. The van der Waals surface area contributed by atoms with E-state index in [-0.39, 0.29) is 17.7 Å². The summed E-state index contributed by atoms with van der Waals surface area (Å²) in [5.74, 6) is 0.237. The molecule has 0 radical (unpaired) electrons. The lowest BCUT2D eigenvalue weighted by atomic mass is 10.2. The molecular formula is C19H16F3N5O2. The number of pyridine rings is 1. The fourth-order valence-corrected chi connectivity index (χ4v) is 3.02. The predicted octanol–water partition coefficient (Wildman–Crippen LogP) is 3.11. The maximum Gasteiger partial charge on any atom is 0.417 e. The predicted molar refractivity (Wildman–Crippen MR) is 97.1 cm³/mol. The highest BCUT2D eigenvalue weighted by atomic mass is 19.4. The van der Waals surface area contributed by atoms with Gasteiger partial charge in [-0.1, -0.05) is 18.2 Å². The maximum atomic E-state index is 12.7. The third-order valence-electron chi connectivity index (χ3n) is 4.59. The molecule has 1 aliphatic heterocycles. The van der Waals surface area contributed by atoms with Crippen molar-refractivity contribution in [3.8, 4) is 11.5 Å². The second-order valence-electron chi connectivity index (χ2n) is 6.46. The van der Waals surface area contributed by atoms with Gasteiger partial charge in [0.1, 0.15) is 5.82 Å². The molecule has 2 aromatic heterocycles. The van der Waals surface area contributed by atoms with E-state index in [9.17, 15) is 18.0 Å². The van der Waals surface area contributed by atoms with Crippen molar-refractivity contribution in [3.63, 3.8) is 0 Å². The minimum atomic E-state index is -4.42. The molecule has 0 saturated carbocycles. The van der Waals surface area contributed by atoms with Gasteiger partial charge >= 0.3 is 18.0 Å². The third kappa shape index (κ3) is 4.05. The molecule has 0 N–H and O–H groups in total. The summed E-state index contributed by atoms with van der Waals surface area (Å²) in [5, 5.41) is 7.75. The van der Waals surface area contributed by atoms with E-state index in [0.717, 1.165) is 17.8 Å². The summed E-state index contributed by atoms with van der Waals surface area (Å²) in [5.41, 5.74) is -0.0714. The normalized spacial score (nSPS) is 14.9. The summed E-state index contributed by atoms with van der Waals surface area (Å²) in [4.78, 5) is 19.9. The van der Waals surface area contributed by atoms with E-state index >= 15 is 0 Å². The molecule has 0 unspecified atom stereocenters. The molecule has 7 nitrogen and oxygen atoms in total. The Hall–Kier alpha value is -3.43. The molecule has 0 aliphatic carbocycles. The Morgan fingerprint density at radius 2 is 1.69 bits per heavy atom. The Morgan fingerprint density at radius 1 is 0.966 bits per heavy atom. The van der Waals surface area contributed by atoms with Crippen LogP contribution < -0.4 is 4.90 Å². The lowest BCUT2D eigenvalue weighted by Crippen LogP contribution is -2.49. The lowest BCUT2D eigenvalue weighted by Gasteiger charge is -2.34. The molecule has 0 bridgehead atoms. The first-order valence-electron chi connectivity index (χ1n) is 8.88. The van der Waals surface area contributed by atoms with Gasteiger partial charge in [-0.05, 0) is 24.3 Å². The highest BCUT2D eigenvalue weighted by molar-refractivity contribution is 5.90. The summed E-state index contributed by atoms with van der Waals surface area (Å²) < 4.78 is 43.5. The molecule has 1 aliphatic rings. The van der Waals surface area contributed by atoms with Crippen LogP contribution in [-0.2, 0) is 6.18 Å². The van der Waals surface area contributed by atoms with Gasteiger partial charge in [0.05, 0.1) is 5.56 Å². The second kappa shape index (κ2) is 7.53. The van der Waals surface area contributed by atoms with Crippen LogP contribution in [0.15, 0.2) is 53.1 Å². The van der Waals surface area contributed by atoms with Crippen LogP contribution in [0.25, 0.3) is 11.5 Å². The number of carbonyl (C=O) groups is 1. The fourth-order valence-electron chi connectivity index (χ4n) is 3.02. The van der Waals surface area contributed by atoms with Gasteiger partial charge in [-0.15, -0.1) is 10.2 Å². The number of aromatic nitrogens is 3. The van der Waals surface area contributed by atoms with Crippen LogP contribution in [0.2, 0.25) is 0 Å². The van der Waals surface area contributed by atoms with E-state index in [0.29, 0.717) is 32.0 Å². The molecule has 150 valence electrons. The highest BCUT2D eigenvalue weighted by Gasteiger charge is 2.31. The highest BCUT2D eigenvalue weighted by Crippen LogP contribution is 2.29. The molecule has 4 rings (SSSR count). The summed E-state index contributed by atoms with van der Waals surface area (Å²) >= 11 is 0. The Kier molecular flexibility index (Phi) is 4.91.